The van der Waals surface area contributed by atoms with E-state index in [0.29, 0.717) is 35.8 Å². The fourth-order valence-corrected chi connectivity index (χ4v) is 9.35. The summed E-state index contributed by atoms with van der Waals surface area (Å²) >= 11 is 0. The molecule has 2 aromatic carbocycles. The van der Waals surface area contributed by atoms with E-state index in [1.165, 1.54) is 30.5 Å². The predicted molar refractivity (Wildman–Crippen MR) is 169 cm³/mol. The molecule has 2 heterocycles. The van der Waals surface area contributed by atoms with E-state index in [9.17, 15) is 9.90 Å². The van der Waals surface area contributed by atoms with Crippen molar-refractivity contribution in [1.82, 2.24) is 9.80 Å². The summed E-state index contributed by atoms with van der Waals surface area (Å²) in [5.41, 5.74) is 3.51. The minimum Gasteiger partial charge on any atom is -0.508 e. The maximum absolute atomic E-state index is 14.0. The van der Waals surface area contributed by atoms with Crippen molar-refractivity contribution in [2.45, 2.75) is 114 Å². The van der Waals surface area contributed by atoms with Crippen molar-refractivity contribution < 1.29 is 19.4 Å². The molecule has 2 saturated carbocycles. The molecule has 1 saturated heterocycles. The van der Waals surface area contributed by atoms with Crippen LogP contribution in [0.5, 0.6) is 17.2 Å². The molecule has 0 unspecified atom stereocenters. The number of amides is 1. The Kier molecular flexibility index (Phi) is 8.09. The minimum atomic E-state index is -0.164. The summed E-state index contributed by atoms with van der Waals surface area (Å²) in [5.74, 6) is 3.46. The number of benzene rings is 2. The molecule has 1 amide bonds. The Morgan fingerprint density at radius 1 is 1.12 bits per heavy atom. The molecule has 0 radical (unpaired) electrons. The summed E-state index contributed by atoms with van der Waals surface area (Å²) in [5, 5.41) is 11.3. The van der Waals surface area contributed by atoms with Crippen LogP contribution in [0.3, 0.4) is 0 Å². The van der Waals surface area contributed by atoms with Gasteiger partial charge in [-0.25, -0.2) is 0 Å². The number of methoxy groups -OCH3 is 1. The van der Waals surface area contributed by atoms with Crippen LogP contribution in [0, 0.1) is 11.8 Å². The number of hydrogen-bond acceptors (Lipinski definition) is 5. The van der Waals surface area contributed by atoms with Gasteiger partial charge in [0, 0.05) is 48.2 Å². The van der Waals surface area contributed by atoms with Gasteiger partial charge in [0.15, 0.2) is 11.5 Å². The average molecular weight is 587 g/mol. The fourth-order valence-electron chi connectivity index (χ4n) is 9.35. The number of likely N-dealkylation sites (tertiary alicyclic amines) is 1. The van der Waals surface area contributed by atoms with Crippen LogP contribution in [0.4, 0.5) is 0 Å². The molecule has 6 nitrogen and oxygen atoms in total. The first-order valence-electron chi connectivity index (χ1n) is 17.2. The van der Waals surface area contributed by atoms with E-state index >= 15 is 0 Å². The van der Waals surface area contributed by atoms with Crippen LogP contribution < -0.4 is 9.47 Å². The fraction of sp³-hybridized carbons (Fsp3) is 0.649. The standard InChI is InChI=1S/C37H50N2O4/c1-3-4-20-39(33(41)14-10-6-9-13-25-11-7-5-8-12-25)29-18-17-28-30-22-27-31(40)23-32(42-2)35-34(27)37(28,36(29)43-35)19-21-38(30)24-26-15-16-26/h5,7-8,11-12,23,26,28-30,36,40H,3-4,6,9-10,13-22,24H2,1-2H3/t28-,29+,30+,36-,37-/m0/s1. The molecular weight excluding hydrogens is 536 g/mol. The highest BCUT2D eigenvalue weighted by Crippen LogP contribution is 2.65. The molecule has 2 bridgehead atoms. The van der Waals surface area contributed by atoms with Gasteiger partial charge in [-0.3, -0.25) is 9.69 Å². The summed E-state index contributed by atoms with van der Waals surface area (Å²) in [6, 6.07) is 12.9. The Bertz CT molecular complexity index is 1310. The van der Waals surface area contributed by atoms with E-state index in [0.717, 1.165) is 94.5 Å². The second-order valence-electron chi connectivity index (χ2n) is 14.1. The summed E-state index contributed by atoms with van der Waals surface area (Å²) in [6.45, 7) is 5.28. The van der Waals surface area contributed by atoms with Gasteiger partial charge in [-0.1, -0.05) is 50.1 Å². The molecule has 1 N–H and O–H groups in total. The van der Waals surface area contributed by atoms with Crippen LogP contribution >= 0.6 is 0 Å². The zero-order valence-corrected chi connectivity index (χ0v) is 26.2. The maximum atomic E-state index is 14.0. The Hall–Kier alpha value is -2.73. The molecule has 2 aromatic rings. The first-order chi connectivity index (χ1) is 21.0. The van der Waals surface area contributed by atoms with Crippen molar-refractivity contribution in [3.8, 4) is 17.2 Å². The summed E-state index contributed by atoms with van der Waals surface area (Å²) < 4.78 is 12.9. The maximum Gasteiger partial charge on any atom is 0.222 e. The van der Waals surface area contributed by atoms with Crippen LogP contribution in [0.1, 0.15) is 94.2 Å². The Morgan fingerprint density at radius 2 is 1.95 bits per heavy atom. The van der Waals surface area contributed by atoms with Gasteiger partial charge in [-0.15, -0.1) is 0 Å². The van der Waals surface area contributed by atoms with Gasteiger partial charge in [0.1, 0.15) is 11.9 Å². The number of rotatable bonds is 13. The zero-order valence-electron chi connectivity index (χ0n) is 26.2. The SMILES string of the molecule is CCCCN(C(=O)CCCCCc1ccccc1)[C@@H]1CC[C@H]2[C@H]3Cc4c(O)cc(OC)c5c4[C@@]2(CCN3CC2CC2)[C@H]1O5. The number of aryl methyl sites for hydroxylation is 1. The second kappa shape index (κ2) is 12.0. The Labute approximate surface area is 257 Å². The van der Waals surface area contributed by atoms with Crippen LogP contribution in [-0.4, -0.2) is 65.7 Å². The number of hydrogen-bond donors (Lipinski definition) is 1. The number of phenolic OH excluding ortho intramolecular Hbond substituents is 1. The molecule has 3 aliphatic carbocycles. The van der Waals surface area contributed by atoms with Gasteiger partial charge in [0.05, 0.1) is 13.2 Å². The summed E-state index contributed by atoms with van der Waals surface area (Å²) in [4.78, 5) is 19.0. The van der Waals surface area contributed by atoms with Gasteiger partial charge in [-0.2, -0.15) is 0 Å². The third-order valence-corrected chi connectivity index (χ3v) is 11.6. The third-order valence-electron chi connectivity index (χ3n) is 11.6. The molecule has 0 aromatic heterocycles. The lowest BCUT2D eigenvalue weighted by Gasteiger charge is -2.60. The number of ether oxygens (including phenoxy) is 2. The van der Waals surface area contributed by atoms with Crippen LogP contribution in [0.2, 0.25) is 0 Å². The molecule has 5 atom stereocenters. The molecule has 2 aliphatic heterocycles. The number of unbranched alkanes of at least 4 members (excludes halogenated alkanes) is 3. The summed E-state index contributed by atoms with van der Waals surface area (Å²) in [7, 11) is 1.67. The number of nitrogens with zero attached hydrogens (tertiary/aromatic N) is 2. The minimum absolute atomic E-state index is 0.0560. The van der Waals surface area contributed by atoms with Gasteiger partial charge in [0.2, 0.25) is 5.91 Å². The normalized spacial score (nSPS) is 28.7. The highest BCUT2D eigenvalue weighted by Gasteiger charge is 2.67. The van der Waals surface area contributed by atoms with Crippen LogP contribution in [-0.2, 0) is 23.1 Å². The van der Waals surface area contributed by atoms with Crippen molar-refractivity contribution in [1.29, 1.82) is 0 Å². The largest absolute Gasteiger partial charge is 0.508 e. The molecule has 5 aliphatic rings. The molecule has 43 heavy (non-hydrogen) atoms. The van der Waals surface area contributed by atoms with Crippen molar-refractivity contribution in [2.24, 2.45) is 11.8 Å². The highest BCUT2D eigenvalue weighted by molar-refractivity contribution is 5.77. The van der Waals surface area contributed by atoms with E-state index in [-0.39, 0.29) is 17.6 Å². The van der Waals surface area contributed by atoms with E-state index in [2.05, 4.69) is 47.1 Å². The molecule has 7 rings (SSSR count). The van der Waals surface area contributed by atoms with Crippen LogP contribution in [0.15, 0.2) is 36.4 Å². The number of aromatic hydroxyl groups is 1. The molecule has 3 fully saturated rings. The number of piperidine rings is 1. The van der Waals surface area contributed by atoms with Gasteiger partial charge in [0.25, 0.3) is 0 Å². The molecule has 1 spiro atoms. The highest BCUT2D eigenvalue weighted by atomic mass is 16.5. The Balaban J connectivity index is 1.14. The van der Waals surface area contributed by atoms with E-state index < -0.39 is 0 Å². The van der Waals surface area contributed by atoms with E-state index in [1.807, 2.05) is 0 Å². The number of carbonyl (C=O) groups is 1. The second-order valence-corrected chi connectivity index (χ2v) is 14.1. The van der Waals surface area contributed by atoms with Crippen molar-refractivity contribution in [2.75, 3.05) is 26.7 Å². The number of phenols is 1. The topological polar surface area (TPSA) is 62.2 Å². The predicted octanol–water partition coefficient (Wildman–Crippen LogP) is 6.65. The Morgan fingerprint density at radius 3 is 2.72 bits per heavy atom. The lowest BCUT2D eigenvalue weighted by Crippen LogP contribution is -2.69. The first-order valence-corrected chi connectivity index (χ1v) is 17.2. The van der Waals surface area contributed by atoms with Gasteiger partial charge < -0.3 is 19.5 Å². The van der Waals surface area contributed by atoms with Crippen molar-refractivity contribution in [3.05, 3.63) is 53.1 Å². The quantitative estimate of drug-likeness (QED) is 0.266. The van der Waals surface area contributed by atoms with Crippen LogP contribution in [0.25, 0.3) is 0 Å². The zero-order chi connectivity index (χ0) is 29.6. The number of carbonyl (C=O) groups excluding carboxylic acids is 1. The molecule has 232 valence electrons. The molecule has 6 heteroatoms. The van der Waals surface area contributed by atoms with E-state index in [1.54, 1.807) is 13.2 Å². The monoisotopic (exact) mass is 586 g/mol. The van der Waals surface area contributed by atoms with Gasteiger partial charge in [-0.05, 0) is 88.2 Å². The van der Waals surface area contributed by atoms with Gasteiger partial charge >= 0.3 is 0 Å². The lowest BCUT2D eigenvalue weighted by molar-refractivity contribution is -0.143. The third kappa shape index (κ3) is 5.11. The van der Waals surface area contributed by atoms with Crippen molar-refractivity contribution >= 4 is 5.91 Å². The van der Waals surface area contributed by atoms with Crippen molar-refractivity contribution in [3.63, 3.8) is 0 Å². The first kappa shape index (κ1) is 29.0. The smallest absolute Gasteiger partial charge is 0.222 e. The average Bonchev–Trinajstić information content (AvgIpc) is 3.78. The van der Waals surface area contributed by atoms with E-state index in [4.69, 9.17) is 9.47 Å². The molecular formula is C37H50N2O4. The summed E-state index contributed by atoms with van der Waals surface area (Å²) in [6.07, 6.45) is 13.5. The lowest BCUT2D eigenvalue weighted by atomic mass is 9.50.